The van der Waals surface area contributed by atoms with E-state index in [2.05, 4.69) is 77.6 Å². The molecule has 15 nitrogen and oxygen atoms in total. The van der Waals surface area contributed by atoms with Gasteiger partial charge < -0.3 is 37.2 Å². The normalized spacial score (nSPS) is 20.9. The van der Waals surface area contributed by atoms with Crippen LogP contribution in [0.5, 0.6) is 11.5 Å². The number of hydrogen-bond donors (Lipinski definition) is 1. The van der Waals surface area contributed by atoms with Gasteiger partial charge in [-0.1, -0.05) is 75.4 Å². The molecule has 2 fully saturated rings. The number of hydrogen-bond acceptors (Lipinski definition) is 13. The maximum atomic E-state index is 14.2. The van der Waals surface area contributed by atoms with Gasteiger partial charge in [0.05, 0.1) is 51.3 Å². The molecule has 68 heavy (non-hydrogen) atoms. The molecule has 0 aromatic heterocycles. The molecule has 0 saturated carbocycles. The summed E-state index contributed by atoms with van der Waals surface area (Å²) in [6.45, 7) is 23.7. The van der Waals surface area contributed by atoms with E-state index in [-0.39, 0.29) is 49.9 Å². The summed E-state index contributed by atoms with van der Waals surface area (Å²) in [6, 6.07) is 26.8. The Labute approximate surface area is 406 Å². The third kappa shape index (κ3) is 12.7. The number of carbonyl (C=O) groups excluding carboxylic acids is 3. The average Bonchev–Trinajstić information content (AvgIpc) is 3.60. The van der Waals surface area contributed by atoms with Gasteiger partial charge in [-0.3, -0.25) is 19.8 Å². The summed E-state index contributed by atoms with van der Waals surface area (Å²) >= 11 is 0. The Hall–Kier alpha value is -4.43. The lowest BCUT2D eigenvalue weighted by Gasteiger charge is -2.44. The Morgan fingerprint density at radius 2 is 1.40 bits per heavy atom. The molecule has 2 heterocycles. The van der Waals surface area contributed by atoms with E-state index in [1.54, 1.807) is 35.0 Å². The van der Waals surface area contributed by atoms with E-state index in [0.717, 1.165) is 16.7 Å². The lowest BCUT2D eigenvalue weighted by atomic mass is 9.80. The Morgan fingerprint density at radius 1 is 0.853 bits per heavy atom. The van der Waals surface area contributed by atoms with Crippen molar-refractivity contribution in [1.29, 1.82) is 5.26 Å². The van der Waals surface area contributed by atoms with Crippen molar-refractivity contribution in [2.45, 2.75) is 136 Å². The van der Waals surface area contributed by atoms with E-state index in [0.29, 0.717) is 11.5 Å². The first kappa shape index (κ1) is 54.5. The van der Waals surface area contributed by atoms with Crippen LogP contribution in [0.25, 0.3) is 0 Å². The van der Waals surface area contributed by atoms with Gasteiger partial charge in [0.15, 0.2) is 14.5 Å². The number of nitrogens with one attached hydrogen (secondary N) is 1. The van der Waals surface area contributed by atoms with Gasteiger partial charge in [-0.05, 0) is 108 Å². The summed E-state index contributed by atoms with van der Waals surface area (Å²) in [4.78, 5) is 42.1. The zero-order chi connectivity index (χ0) is 50.2. The van der Waals surface area contributed by atoms with Gasteiger partial charge in [0.25, 0.3) is 8.53 Å². The maximum Gasteiger partial charge on any atom is 0.326 e. The van der Waals surface area contributed by atoms with Crippen LogP contribution >= 0.6 is 8.53 Å². The van der Waals surface area contributed by atoms with Gasteiger partial charge in [0.2, 0.25) is 5.91 Å². The molecule has 17 heteroatoms. The fourth-order valence-corrected chi connectivity index (χ4v) is 11.0. The molecule has 0 spiro atoms. The average molecular weight is 977 g/mol. The monoisotopic (exact) mass is 976 g/mol. The molecular weight excluding hydrogens is 904 g/mol. The van der Waals surface area contributed by atoms with Crippen molar-refractivity contribution < 1.29 is 51.5 Å². The van der Waals surface area contributed by atoms with E-state index in [4.69, 9.17) is 37.2 Å². The fraction of sp³-hybridized carbons (Fsp3) is 0.569. The SMILES string of the molecule is COc1ccc(C(OC[C@H]2O[C@@H](N3CC(COC(=O)C(C)(C)C)C(=O)NC3=O)C(O[Si](C)(C)C(C)(C)C)[C@H]2OP(OCCC#N)N(C(C)C)C(C)C)(c2ccccc2)c2ccc(OC)cc2)cc1. The molecule has 6 atom stereocenters. The summed E-state index contributed by atoms with van der Waals surface area (Å²) < 4.78 is 54.8. The summed E-state index contributed by atoms with van der Waals surface area (Å²) in [5, 5.41) is 11.8. The van der Waals surface area contributed by atoms with Crippen molar-refractivity contribution in [3.8, 4) is 17.6 Å². The number of urea groups is 1. The zero-order valence-electron chi connectivity index (χ0n) is 42.4. The number of esters is 1. The van der Waals surface area contributed by atoms with E-state index < -0.39 is 76.2 Å². The molecule has 5 rings (SSSR count). The van der Waals surface area contributed by atoms with Crippen LogP contribution < -0.4 is 14.8 Å². The van der Waals surface area contributed by atoms with E-state index in [1.165, 1.54) is 4.90 Å². The van der Waals surface area contributed by atoms with Crippen LogP contribution in [0, 0.1) is 22.7 Å². The molecule has 2 aliphatic heterocycles. The molecule has 0 aliphatic carbocycles. The molecule has 0 bridgehead atoms. The summed E-state index contributed by atoms with van der Waals surface area (Å²) in [7, 11) is -1.41. The maximum absolute atomic E-state index is 14.2. The van der Waals surface area contributed by atoms with Gasteiger partial charge in [0.1, 0.15) is 42.0 Å². The number of nitrogens with zero attached hydrogens (tertiary/aromatic N) is 3. The second kappa shape index (κ2) is 23.0. The highest BCUT2D eigenvalue weighted by Gasteiger charge is 2.57. The smallest absolute Gasteiger partial charge is 0.326 e. The van der Waals surface area contributed by atoms with Crippen molar-refractivity contribution in [2.24, 2.45) is 11.3 Å². The van der Waals surface area contributed by atoms with Crippen LogP contribution in [0.3, 0.4) is 0 Å². The topological polar surface area (TPSA) is 167 Å². The lowest BCUT2D eigenvalue weighted by Crippen LogP contribution is -2.62. The fourth-order valence-electron chi connectivity index (χ4n) is 7.97. The van der Waals surface area contributed by atoms with Crippen molar-refractivity contribution >= 4 is 34.8 Å². The summed E-state index contributed by atoms with van der Waals surface area (Å²) in [6.07, 6.45) is -3.79. The minimum atomic E-state index is -2.75. The van der Waals surface area contributed by atoms with Crippen LogP contribution in [-0.2, 0) is 42.9 Å². The molecule has 2 saturated heterocycles. The van der Waals surface area contributed by atoms with Gasteiger partial charge in [0, 0.05) is 18.6 Å². The second-order valence-corrected chi connectivity index (χ2v) is 26.5. The largest absolute Gasteiger partial charge is 0.497 e. The highest BCUT2D eigenvalue weighted by molar-refractivity contribution is 7.44. The zero-order valence-corrected chi connectivity index (χ0v) is 44.3. The summed E-state index contributed by atoms with van der Waals surface area (Å²) in [5.41, 5.74) is 0.352. The minimum absolute atomic E-state index is 0.0397. The molecule has 2 aliphatic rings. The van der Waals surface area contributed by atoms with Crippen molar-refractivity contribution in [3.05, 3.63) is 95.6 Å². The molecule has 3 unspecified atom stereocenters. The van der Waals surface area contributed by atoms with Crippen LogP contribution in [-0.4, -0.2) is 113 Å². The standard InChI is InChI=1S/C51H73N4O11PSi/c1-34(2)55(35(3)4)67(63-30-18-29-52)65-43-42(33-62-51(37-19-16-15-17-20-37,38-21-25-40(59-11)26-22-38)39-23-27-41(60-12)28-24-39)64-46(44(43)66-68(13,14)50(8,9)10)54-31-36(45(56)53-48(54)58)32-61-47(57)49(5,6)7/h15-17,19-28,34-36,42-44,46H,18,30-33H2,1-14H3,(H,53,56,58)/t36?,42-,43+,44?,46-,67?/m1/s1. The molecule has 3 aromatic rings. The molecule has 0 radical (unpaired) electrons. The Balaban J connectivity index is 1.72. The number of carbonyl (C=O) groups is 3. The first-order valence-corrected chi connectivity index (χ1v) is 27.4. The van der Waals surface area contributed by atoms with Gasteiger partial charge in [-0.25, -0.2) is 9.46 Å². The second-order valence-electron chi connectivity index (χ2n) is 20.3. The third-order valence-corrected chi connectivity index (χ3v) is 19.3. The third-order valence-electron chi connectivity index (χ3n) is 12.6. The van der Waals surface area contributed by atoms with Crippen LogP contribution in [0.2, 0.25) is 18.1 Å². The number of methoxy groups -OCH3 is 2. The first-order chi connectivity index (χ1) is 32.0. The van der Waals surface area contributed by atoms with Crippen LogP contribution in [0.4, 0.5) is 4.79 Å². The molecule has 1 N–H and O–H groups in total. The van der Waals surface area contributed by atoms with Gasteiger partial charge in [-0.2, -0.15) is 5.26 Å². The van der Waals surface area contributed by atoms with Crippen LogP contribution in [0.1, 0.15) is 92.3 Å². The molecule has 3 amide bonds. The van der Waals surface area contributed by atoms with Crippen molar-refractivity contribution in [2.75, 3.05) is 40.6 Å². The highest BCUT2D eigenvalue weighted by Crippen LogP contribution is 2.52. The predicted molar refractivity (Wildman–Crippen MR) is 263 cm³/mol. The van der Waals surface area contributed by atoms with E-state index in [1.807, 2.05) is 78.9 Å². The van der Waals surface area contributed by atoms with E-state index in [9.17, 15) is 19.6 Å². The molecular formula is C51H73N4O11PSi. The Bertz CT molecular complexity index is 2120. The van der Waals surface area contributed by atoms with Gasteiger partial charge >= 0.3 is 12.0 Å². The predicted octanol–water partition coefficient (Wildman–Crippen LogP) is 9.55. The minimum Gasteiger partial charge on any atom is -0.497 e. The Morgan fingerprint density at radius 3 is 1.88 bits per heavy atom. The number of nitriles is 1. The number of imide groups is 1. The summed E-state index contributed by atoms with van der Waals surface area (Å²) in [5.74, 6) is -0.616. The first-order valence-electron chi connectivity index (χ1n) is 23.3. The number of rotatable bonds is 21. The lowest BCUT2D eigenvalue weighted by molar-refractivity contribution is -0.157. The quantitative estimate of drug-likeness (QED) is 0.0353. The molecule has 372 valence electrons. The Kier molecular flexibility index (Phi) is 18.4. The number of amides is 3. The van der Waals surface area contributed by atoms with Crippen LogP contribution in [0.15, 0.2) is 78.9 Å². The highest BCUT2D eigenvalue weighted by atomic mass is 31.2. The number of ether oxygens (including phenoxy) is 5. The van der Waals surface area contributed by atoms with Crippen molar-refractivity contribution in [3.63, 3.8) is 0 Å². The molecule has 3 aromatic carbocycles. The van der Waals surface area contributed by atoms with Crippen molar-refractivity contribution in [1.82, 2.24) is 14.9 Å². The van der Waals surface area contributed by atoms with E-state index >= 15 is 0 Å². The van der Waals surface area contributed by atoms with Gasteiger partial charge in [-0.15, -0.1) is 0 Å². The number of benzene rings is 3.